The number of nitrogens with zero attached hydrogens (tertiary/aromatic N) is 2. The second-order valence-electron chi connectivity index (χ2n) is 3.08. The van der Waals surface area contributed by atoms with Crippen molar-refractivity contribution in [3.63, 3.8) is 0 Å². The molecule has 0 aliphatic heterocycles. The van der Waals surface area contributed by atoms with E-state index in [1.54, 1.807) is 0 Å². The maximum absolute atomic E-state index is 4.38. The standard InChI is InChI=1S/C10H9Br2N3/c1-2-9-13-10(15-14-9)7-4-3-6(11)5-8(7)12/h3-5H,2H2,1H3,(H,13,14,15). The van der Waals surface area contributed by atoms with E-state index in [9.17, 15) is 0 Å². The third-order valence-corrected chi connectivity index (χ3v) is 3.19. The van der Waals surface area contributed by atoms with Gasteiger partial charge in [-0.15, -0.1) is 0 Å². The molecule has 1 aromatic heterocycles. The summed E-state index contributed by atoms with van der Waals surface area (Å²) in [6.45, 7) is 2.04. The molecule has 0 fully saturated rings. The SMILES string of the molecule is CCc1nc(-c2ccc(Br)cc2Br)n[nH]1. The Hall–Kier alpha value is -0.680. The average Bonchev–Trinajstić information content (AvgIpc) is 2.66. The normalized spacial score (nSPS) is 10.6. The summed E-state index contributed by atoms with van der Waals surface area (Å²) in [6.07, 6.45) is 0.862. The zero-order valence-corrected chi connectivity index (χ0v) is 11.3. The van der Waals surface area contributed by atoms with E-state index in [0.717, 1.165) is 32.6 Å². The van der Waals surface area contributed by atoms with Crippen molar-refractivity contribution >= 4 is 31.9 Å². The molecular formula is C10H9Br2N3. The van der Waals surface area contributed by atoms with E-state index < -0.39 is 0 Å². The molecule has 1 N–H and O–H groups in total. The van der Waals surface area contributed by atoms with Crippen LogP contribution in [0.3, 0.4) is 0 Å². The molecule has 1 aromatic carbocycles. The lowest BCUT2D eigenvalue weighted by atomic mass is 10.2. The number of hydrogen-bond acceptors (Lipinski definition) is 2. The first-order valence-corrected chi connectivity index (χ1v) is 6.16. The largest absolute Gasteiger partial charge is 0.263 e. The quantitative estimate of drug-likeness (QED) is 0.914. The van der Waals surface area contributed by atoms with Crippen LogP contribution in [-0.2, 0) is 6.42 Å². The molecule has 2 rings (SSSR count). The number of rotatable bonds is 2. The van der Waals surface area contributed by atoms with Crippen molar-refractivity contribution in [3.05, 3.63) is 33.0 Å². The molecule has 0 amide bonds. The molecule has 0 unspecified atom stereocenters. The average molecular weight is 331 g/mol. The fraction of sp³-hybridized carbons (Fsp3) is 0.200. The summed E-state index contributed by atoms with van der Waals surface area (Å²) >= 11 is 6.90. The number of aromatic amines is 1. The van der Waals surface area contributed by atoms with E-state index in [-0.39, 0.29) is 0 Å². The second-order valence-corrected chi connectivity index (χ2v) is 4.85. The number of aromatic nitrogens is 3. The van der Waals surface area contributed by atoms with E-state index in [1.807, 2.05) is 25.1 Å². The molecule has 1 heterocycles. The zero-order chi connectivity index (χ0) is 10.8. The lowest BCUT2D eigenvalue weighted by molar-refractivity contribution is 0.946. The maximum atomic E-state index is 4.38. The van der Waals surface area contributed by atoms with Crippen LogP contribution in [0.4, 0.5) is 0 Å². The maximum Gasteiger partial charge on any atom is 0.182 e. The van der Waals surface area contributed by atoms with Crippen molar-refractivity contribution in [2.75, 3.05) is 0 Å². The van der Waals surface area contributed by atoms with Crippen LogP contribution in [-0.4, -0.2) is 15.2 Å². The highest BCUT2D eigenvalue weighted by Gasteiger charge is 2.08. The first-order valence-electron chi connectivity index (χ1n) is 4.57. The fourth-order valence-corrected chi connectivity index (χ4v) is 2.47. The van der Waals surface area contributed by atoms with E-state index in [0.29, 0.717) is 0 Å². The van der Waals surface area contributed by atoms with Crippen molar-refractivity contribution < 1.29 is 0 Å². The van der Waals surface area contributed by atoms with Gasteiger partial charge in [-0.1, -0.05) is 22.9 Å². The molecule has 5 heteroatoms. The van der Waals surface area contributed by atoms with Crippen LogP contribution in [0.1, 0.15) is 12.7 Å². The fourth-order valence-electron chi connectivity index (χ4n) is 1.24. The topological polar surface area (TPSA) is 41.6 Å². The van der Waals surface area contributed by atoms with Gasteiger partial charge in [-0.25, -0.2) is 4.98 Å². The molecule has 0 saturated carbocycles. The molecule has 15 heavy (non-hydrogen) atoms. The van der Waals surface area contributed by atoms with Crippen molar-refractivity contribution in [1.29, 1.82) is 0 Å². The van der Waals surface area contributed by atoms with Gasteiger partial charge in [0.15, 0.2) is 5.82 Å². The van der Waals surface area contributed by atoms with Crippen LogP contribution in [0.15, 0.2) is 27.1 Å². The monoisotopic (exact) mass is 329 g/mol. The van der Waals surface area contributed by atoms with Crippen molar-refractivity contribution in [1.82, 2.24) is 15.2 Å². The Bertz CT molecular complexity index is 479. The Kier molecular flexibility index (Phi) is 3.21. The summed E-state index contributed by atoms with van der Waals surface area (Å²) in [5.74, 6) is 1.63. The Balaban J connectivity index is 2.44. The Morgan fingerprint density at radius 3 is 2.73 bits per heavy atom. The predicted molar refractivity (Wildman–Crippen MR) is 66.6 cm³/mol. The molecule has 3 nitrogen and oxygen atoms in total. The van der Waals surface area contributed by atoms with Crippen LogP contribution in [0.5, 0.6) is 0 Å². The number of H-pyrrole nitrogens is 1. The van der Waals surface area contributed by atoms with E-state index >= 15 is 0 Å². The van der Waals surface area contributed by atoms with Gasteiger partial charge in [-0.2, -0.15) is 5.10 Å². The third kappa shape index (κ3) is 2.29. The third-order valence-electron chi connectivity index (χ3n) is 2.04. The van der Waals surface area contributed by atoms with Crippen molar-refractivity contribution in [2.45, 2.75) is 13.3 Å². The summed E-state index contributed by atoms with van der Waals surface area (Å²) in [6, 6.07) is 5.94. The van der Waals surface area contributed by atoms with Gasteiger partial charge in [0, 0.05) is 20.9 Å². The number of aryl methyl sites for hydroxylation is 1. The van der Waals surface area contributed by atoms with E-state index in [1.165, 1.54) is 0 Å². The number of halogens is 2. The molecule has 2 aromatic rings. The first-order chi connectivity index (χ1) is 7.20. The van der Waals surface area contributed by atoms with Crippen molar-refractivity contribution in [3.8, 4) is 11.4 Å². The second kappa shape index (κ2) is 4.45. The van der Waals surface area contributed by atoms with Crippen LogP contribution in [0.25, 0.3) is 11.4 Å². The highest BCUT2D eigenvalue weighted by Crippen LogP contribution is 2.28. The highest BCUT2D eigenvalue weighted by molar-refractivity contribution is 9.11. The molecule has 0 aliphatic rings. The lowest BCUT2D eigenvalue weighted by Crippen LogP contribution is -1.84. The highest BCUT2D eigenvalue weighted by atomic mass is 79.9. The van der Waals surface area contributed by atoms with Crippen LogP contribution < -0.4 is 0 Å². The molecule has 0 atom stereocenters. The molecule has 0 bridgehead atoms. The summed E-state index contributed by atoms with van der Waals surface area (Å²) in [4.78, 5) is 4.38. The number of benzene rings is 1. The number of nitrogens with one attached hydrogen (secondary N) is 1. The van der Waals surface area contributed by atoms with Crippen LogP contribution in [0, 0.1) is 0 Å². The Morgan fingerprint density at radius 2 is 2.13 bits per heavy atom. The molecule has 78 valence electrons. The van der Waals surface area contributed by atoms with Gasteiger partial charge in [0.2, 0.25) is 0 Å². The van der Waals surface area contributed by atoms with E-state index in [4.69, 9.17) is 0 Å². The molecule has 0 radical (unpaired) electrons. The molecule has 0 aliphatic carbocycles. The summed E-state index contributed by atoms with van der Waals surface area (Å²) in [5.41, 5.74) is 0.995. The summed E-state index contributed by atoms with van der Waals surface area (Å²) < 4.78 is 2.02. The van der Waals surface area contributed by atoms with Gasteiger partial charge in [-0.3, -0.25) is 5.10 Å². The Morgan fingerprint density at radius 1 is 1.33 bits per heavy atom. The molecule has 0 spiro atoms. The minimum absolute atomic E-state index is 0.728. The van der Waals surface area contributed by atoms with Crippen molar-refractivity contribution in [2.24, 2.45) is 0 Å². The zero-order valence-electron chi connectivity index (χ0n) is 8.09. The van der Waals surface area contributed by atoms with Gasteiger partial charge >= 0.3 is 0 Å². The van der Waals surface area contributed by atoms with Gasteiger partial charge < -0.3 is 0 Å². The summed E-state index contributed by atoms with van der Waals surface area (Å²) in [5, 5.41) is 7.07. The lowest BCUT2D eigenvalue weighted by Gasteiger charge is -1.99. The Labute approximate surface area is 105 Å². The molecule has 0 saturated heterocycles. The minimum Gasteiger partial charge on any atom is -0.263 e. The number of hydrogen-bond donors (Lipinski definition) is 1. The smallest absolute Gasteiger partial charge is 0.182 e. The summed E-state index contributed by atoms with van der Waals surface area (Å²) in [7, 11) is 0. The van der Waals surface area contributed by atoms with Crippen LogP contribution >= 0.6 is 31.9 Å². The first kappa shape index (κ1) is 10.8. The van der Waals surface area contributed by atoms with Gasteiger partial charge in [0.05, 0.1) is 0 Å². The minimum atomic E-state index is 0.728. The van der Waals surface area contributed by atoms with Crippen LogP contribution in [0.2, 0.25) is 0 Å². The van der Waals surface area contributed by atoms with E-state index in [2.05, 4.69) is 47.0 Å². The van der Waals surface area contributed by atoms with Gasteiger partial charge in [0.1, 0.15) is 5.82 Å². The van der Waals surface area contributed by atoms with Gasteiger partial charge in [0.25, 0.3) is 0 Å². The van der Waals surface area contributed by atoms with Gasteiger partial charge in [-0.05, 0) is 34.1 Å². The molecular weight excluding hydrogens is 322 g/mol. The predicted octanol–water partition coefficient (Wildman–Crippen LogP) is 3.56.